The largest absolute Gasteiger partial charge is 1.00 e. The fraction of sp³-hybridized carbons (Fsp3) is 0.429. The van der Waals surface area contributed by atoms with E-state index in [1.807, 2.05) is 0 Å². The van der Waals surface area contributed by atoms with Gasteiger partial charge in [-0.25, -0.2) is 4.98 Å². The number of amides is 2. The van der Waals surface area contributed by atoms with E-state index in [2.05, 4.69) is 10.3 Å². The molecule has 3 heterocycles. The number of carbonyl (C=O) groups is 3. The Kier molecular flexibility index (Phi) is 6.36. The van der Waals surface area contributed by atoms with Gasteiger partial charge in [-0.05, 0) is 13.8 Å². The van der Waals surface area contributed by atoms with Crippen LogP contribution in [0.1, 0.15) is 19.5 Å². The molecule has 2 fully saturated rings. The fourth-order valence-electron chi connectivity index (χ4n) is 2.98. The van der Waals surface area contributed by atoms with Gasteiger partial charge in [-0.15, -0.1) is 23.1 Å². The molecule has 1 unspecified atom stereocenters. The number of hydrogen-bond donors (Lipinski definition) is 2. The molecule has 26 heavy (non-hydrogen) atoms. The number of thioether (sulfide) groups is 1. The third kappa shape index (κ3) is 3.50. The van der Waals surface area contributed by atoms with Crippen LogP contribution in [0.2, 0.25) is 0 Å². The summed E-state index contributed by atoms with van der Waals surface area (Å²) >= 11 is 8.19. The van der Waals surface area contributed by atoms with Crippen molar-refractivity contribution in [3.63, 3.8) is 0 Å². The van der Waals surface area contributed by atoms with Gasteiger partial charge in [0.2, 0.25) is 5.91 Å². The van der Waals surface area contributed by atoms with Gasteiger partial charge in [-0.2, -0.15) is 0 Å². The number of aromatic nitrogens is 1. The molecule has 1 aromatic heterocycles. The maximum Gasteiger partial charge on any atom is 1.00 e. The summed E-state index contributed by atoms with van der Waals surface area (Å²) in [6.45, 7) is 3.45. The van der Waals surface area contributed by atoms with Gasteiger partial charge in [0.25, 0.3) is 5.91 Å². The number of fused-ring (bicyclic) bond motifs is 1. The van der Waals surface area contributed by atoms with Crippen molar-refractivity contribution in [1.82, 2.24) is 15.2 Å². The monoisotopic (exact) mass is 424 g/mol. The molecule has 2 saturated heterocycles. The van der Waals surface area contributed by atoms with Gasteiger partial charge in [-0.1, -0.05) is 11.6 Å². The number of thiazole rings is 1. The van der Waals surface area contributed by atoms with Crippen molar-refractivity contribution in [2.24, 2.45) is 0 Å². The third-order valence-corrected chi connectivity index (χ3v) is 6.57. The molecule has 0 radical (unpaired) electrons. The Morgan fingerprint density at radius 3 is 2.65 bits per heavy atom. The number of carboxylic acid groups (broad SMARTS) is 1. The Bertz CT molecular complexity index is 800. The van der Waals surface area contributed by atoms with Gasteiger partial charge >= 0.3 is 29.6 Å². The van der Waals surface area contributed by atoms with E-state index in [9.17, 15) is 19.5 Å². The summed E-state index contributed by atoms with van der Waals surface area (Å²) in [4.78, 5) is 41.4. The van der Waals surface area contributed by atoms with Crippen LogP contribution < -0.4 is 45.7 Å². The zero-order valence-electron chi connectivity index (χ0n) is 14.2. The molecule has 2 aliphatic rings. The molecule has 12 heteroatoms. The van der Waals surface area contributed by atoms with E-state index < -0.39 is 40.0 Å². The summed E-state index contributed by atoms with van der Waals surface area (Å²) in [5.74, 6) is -2.34. The molecule has 0 aliphatic carbocycles. The van der Waals surface area contributed by atoms with Crippen LogP contribution in [0, 0.1) is 0 Å². The summed E-state index contributed by atoms with van der Waals surface area (Å²) in [5, 5.41) is 15.4. The number of nitrogens with zero attached hydrogens (tertiary/aromatic N) is 2. The quantitative estimate of drug-likeness (QED) is 0.293. The van der Waals surface area contributed by atoms with Gasteiger partial charge < -0.3 is 25.9 Å². The molecular formula is C14H14ClN4NaO4S2. The summed E-state index contributed by atoms with van der Waals surface area (Å²) in [6.07, 6.45) is 0. The van der Waals surface area contributed by atoms with Crippen LogP contribution in [0.15, 0.2) is 10.9 Å². The summed E-state index contributed by atoms with van der Waals surface area (Å²) in [5.41, 5.74) is 7.02. The summed E-state index contributed by atoms with van der Waals surface area (Å²) in [6, 6.07) is -1.87. The summed E-state index contributed by atoms with van der Waals surface area (Å²) in [7, 11) is 0. The van der Waals surface area contributed by atoms with E-state index in [4.69, 9.17) is 17.3 Å². The number of halogens is 1. The first-order valence-electron chi connectivity index (χ1n) is 7.21. The number of β-lactam (4-membered cyclic amide) rings is 1. The Balaban J connectivity index is 0.00000243. The second-order valence-corrected chi connectivity index (χ2v) is 9.00. The average Bonchev–Trinajstić information content (AvgIpc) is 3.05. The Hall–Kier alpha value is -0.780. The number of nitrogens with two attached hydrogens (primary N) is 1. The van der Waals surface area contributed by atoms with Crippen molar-refractivity contribution in [1.29, 1.82) is 0 Å². The van der Waals surface area contributed by atoms with Crippen LogP contribution in [0.25, 0.3) is 5.57 Å². The molecule has 3 rings (SSSR count). The van der Waals surface area contributed by atoms with Gasteiger partial charge in [0.1, 0.15) is 11.4 Å². The molecule has 0 aromatic carbocycles. The van der Waals surface area contributed by atoms with Crippen LogP contribution in [0.3, 0.4) is 0 Å². The average molecular weight is 425 g/mol. The molecule has 2 aliphatic heterocycles. The third-order valence-electron chi connectivity index (χ3n) is 4.10. The molecule has 3 atom stereocenters. The molecule has 8 nitrogen and oxygen atoms in total. The molecule has 0 bridgehead atoms. The molecule has 0 spiro atoms. The summed E-state index contributed by atoms with van der Waals surface area (Å²) < 4.78 is -0.715. The normalized spacial score (nSPS) is 26.6. The first kappa shape index (κ1) is 21.5. The number of carboxylic acids is 1. The Morgan fingerprint density at radius 2 is 2.15 bits per heavy atom. The van der Waals surface area contributed by atoms with E-state index in [1.54, 1.807) is 19.2 Å². The van der Waals surface area contributed by atoms with E-state index in [0.29, 0.717) is 5.69 Å². The molecule has 3 N–H and O–H groups in total. The number of anilines is 1. The fourth-order valence-corrected chi connectivity index (χ4v) is 5.37. The minimum atomic E-state index is -1.31. The van der Waals surface area contributed by atoms with E-state index in [1.165, 1.54) is 16.7 Å². The first-order chi connectivity index (χ1) is 11.7. The van der Waals surface area contributed by atoms with Crippen molar-refractivity contribution in [2.75, 3.05) is 5.73 Å². The zero-order chi connectivity index (χ0) is 18.5. The first-order valence-corrected chi connectivity index (χ1v) is 9.40. The van der Waals surface area contributed by atoms with Crippen molar-refractivity contribution in [3.8, 4) is 0 Å². The van der Waals surface area contributed by atoms with E-state index in [-0.39, 0.29) is 40.3 Å². The SMILES string of the molecule is CC1(C)S[C@@H]2C(NC(=O)C(=CCl)c3csc(N)n3)C(=O)N2[C@H]1C(=O)[O-].[Na+]. The maximum atomic E-state index is 12.4. The second-order valence-electron chi connectivity index (χ2n) is 6.12. The second kappa shape index (κ2) is 7.69. The van der Waals surface area contributed by atoms with Crippen molar-refractivity contribution < 1.29 is 49.0 Å². The van der Waals surface area contributed by atoms with E-state index >= 15 is 0 Å². The predicted molar refractivity (Wildman–Crippen MR) is 93.4 cm³/mol. The van der Waals surface area contributed by atoms with Crippen LogP contribution in [0.4, 0.5) is 5.13 Å². The number of nitrogen functional groups attached to an aromatic ring is 1. The van der Waals surface area contributed by atoms with Gasteiger partial charge in [0.05, 0.1) is 23.3 Å². The van der Waals surface area contributed by atoms with Crippen molar-refractivity contribution >= 4 is 63.2 Å². The zero-order valence-corrected chi connectivity index (χ0v) is 18.6. The molecule has 1 aromatic rings. The Labute approximate surface area is 184 Å². The van der Waals surface area contributed by atoms with Crippen molar-refractivity contribution in [2.45, 2.75) is 36.1 Å². The maximum absolute atomic E-state index is 12.4. The minimum absolute atomic E-state index is 0. The van der Waals surface area contributed by atoms with Crippen LogP contribution in [-0.2, 0) is 14.4 Å². The van der Waals surface area contributed by atoms with Crippen molar-refractivity contribution in [3.05, 3.63) is 16.6 Å². The van der Waals surface area contributed by atoms with Gasteiger partial charge in [0, 0.05) is 15.7 Å². The van der Waals surface area contributed by atoms with E-state index in [0.717, 1.165) is 16.9 Å². The molecular weight excluding hydrogens is 411 g/mol. The van der Waals surface area contributed by atoms with Crippen LogP contribution in [0.5, 0.6) is 0 Å². The van der Waals surface area contributed by atoms with Gasteiger partial charge in [0.15, 0.2) is 5.13 Å². The topological polar surface area (TPSA) is 128 Å². The molecule has 134 valence electrons. The van der Waals surface area contributed by atoms with Gasteiger partial charge in [-0.3, -0.25) is 9.59 Å². The van der Waals surface area contributed by atoms with Crippen LogP contribution >= 0.6 is 34.7 Å². The number of rotatable bonds is 4. The molecule has 0 saturated carbocycles. The Morgan fingerprint density at radius 1 is 1.50 bits per heavy atom. The number of nitrogens with one attached hydrogen (secondary N) is 1. The molecule has 2 amide bonds. The smallest absolute Gasteiger partial charge is 0.548 e. The van der Waals surface area contributed by atoms with Crippen LogP contribution in [-0.4, -0.2) is 49.9 Å². The number of aliphatic carboxylic acids is 1. The number of hydrogen-bond acceptors (Lipinski definition) is 8. The minimum Gasteiger partial charge on any atom is -0.548 e. The predicted octanol–water partition coefficient (Wildman–Crippen LogP) is -3.39. The number of carbonyl (C=O) groups excluding carboxylic acids is 3. The standard InChI is InChI=1S/C14H15ClN4O4S2.Na/c1-14(2)8(12(22)23)19-10(21)7(11(19)25-14)18-9(20)5(3-15)6-4-24-13(16)17-6;/h3-4,7-8,11H,1-2H3,(H2,16,17)(H,18,20)(H,22,23);/q;+1/p-1/t7?,8-,11+;/m0./s1.